The Bertz CT molecular complexity index is 522. The summed E-state index contributed by atoms with van der Waals surface area (Å²) in [4.78, 5) is 11.2. The normalized spacial score (nSPS) is 17.7. The summed E-state index contributed by atoms with van der Waals surface area (Å²) >= 11 is 0. The molecule has 0 aromatic heterocycles. The molecule has 0 aliphatic heterocycles. The van der Waals surface area contributed by atoms with Crippen LogP contribution in [0.2, 0.25) is 0 Å². The van der Waals surface area contributed by atoms with Gasteiger partial charge in [-0.2, -0.15) is 13.2 Å². The summed E-state index contributed by atoms with van der Waals surface area (Å²) in [5.41, 5.74) is -1.04. The Balaban J connectivity index is 2.24. The van der Waals surface area contributed by atoms with Gasteiger partial charge in [0.15, 0.2) is 0 Å². The summed E-state index contributed by atoms with van der Waals surface area (Å²) < 4.78 is 38.0. The van der Waals surface area contributed by atoms with Crippen LogP contribution in [0.25, 0.3) is 0 Å². The molecule has 1 aliphatic rings. The maximum absolute atomic E-state index is 12.7. The molecule has 0 radical (unpaired) electrons. The van der Waals surface area contributed by atoms with Gasteiger partial charge in [-0.25, -0.2) is 4.79 Å². The van der Waals surface area contributed by atoms with E-state index in [1.807, 2.05) is 6.92 Å². The van der Waals surface area contributed by atoms with Crippen LogP contribution < -0.4 is 5.32 Å². The topological polar surface area (TPSA) is 49.3 Å². The first-order valence-electron chi connectivity index (χ1n) is 7.00. The first kappa shape index (κ1) is 15.7. The largest absolute Gasteiger partial charge is 0.478 e. The highest BCUT2D eigenvalue weighted by Crippen LogP contribution is 2.33. The number of nitrogens with one attached hydrogen (secondary N) is 1. The second-order valence-electron chi connectivity index (χ2n) is 5.54. The van der Waals surface area contributed by atoms with Crippen molar-refractivity contribution in [1.29, 1.82) is 0 Å². The number of aromatic carboxylic acids is 1. The van der Waals surface area contributed by atoms with Gasteiger partial charge < -0.3 is 10.4 Å². The van der Waals surface area contributed by atoms with E-state index < -0.39 is 17.7 Å². The van der Waals surface area contributed by atoms with Crippen molar-refractivity contribution in [2.45, 2.75) is 44.8 Å². The molecule has 1 atom stereocenters. The number of carbonyl (C=O) groups is 1. The van der Waals surface area contributed by atoms with Gasteiger partial charge in [0, 0.05) is 11.7 Å². The molecule has 2 rings (SSSR count). The lowest BCUT2D eigenvalue weighted by molar-refractivity contribution is -0.137. The average Bonchev–Trinajstić information content (AvgIpc) is 2.91. The van der Waals surface area contributed by atoms with E-state index >= 15 is 0 Å². The molecule has 1 aromatic carbocycles. The molecule has 3 nitrogen and oxygen atoms in total. The van der Waals surface area contributed by atoms with Crippen LogP contribution in [-0.4, -0.2) is 17.1 Å². The molecule has 21 heavy (non-hydrogen) atoms. The number of alkyl halides is 3. The Hall–Kier alpha value is -1.72. The maximum atomic E-state index is 12.7. The number of hydrogen-bond donors (Lipinski definition) is 2. The Morgan fingerprint density at radius 3 is 2.48 bits per heavy atom. The predicted octanol–water partition coefficient (Wildman–Crippen LogP) is 4.39. The predicted molar refractivity (Wildman–Crippen MR) is 73.4 cm³/mol. The number of halogens is 3. The summed E-state index contributed by atoms with van der Waals surface area (Å²) in [5, 5.41) is 12.2. The van der Waals surface area contributed by atoms with Gasteiger partial charge in [0.1, 0.15) is 0 Å². The smallest absolute Gasteiger partial charge is 0.416 e. The Labute approximate surface area is 121 Å². The number of hydrogen-bond acceptors (Lipinski definition) is 2. The highest BCUT2D eigenvalue weighted by Gasteiger charge is 2.32. The van der Waals surface area contributed by atoms with Crippen molar-refractivity contribution in [2.75, 3.05) is 5.32 Å². The molecule has 1 fully saturated rings. The number of carboxylic acid groups (broad SMARTS) is 1. The van der Waals surface area contributed by atoms with Crippen molar-refractivity contribution in [3.63, 3.8) is 0 Å². The molecule has 0 saturated heterocycles. The van der Waals surface area contributed by atoms with E-state index in [0.717, 1.165) is 31.7 Å². The zero-order valence-corrected chi connectivity index (χ0v) is 11.7. The summed E-state index contributed by atoms with van der Waals surface area (Å²) in [7, 11) is 0. The third-order valence-corrected chi connectivity index (χ3v) is 4.07. The third kappa shape index (κ3) is 3.68. The fourth-order valence-electron chi connectivity index (χ4n) is 2.84. The molecule has 1 aliphatic carbocycles. The fourth-order valence-corrected chi connectivity index (χ4v) is 2.84. The van der Waals surface area contributed by atoms with Crippen LogP contribution in [0.4, 0.5) is 18.9 Å². The molecule has 0 spiro atoms. The highest BCUT2D eigenvalue weighted by atomic mass is 19.4. The molecule has 1 aromatic rings. The number of benzene rings is 1. The van der Waals surface area contributed by atoms with Gasteiger partial charge in [-0.15, -0.1) is 0 Å². The SMILES string of the molecule is CC(Nc1ccc(C(F)(F)F)cc1C(=O)O)C1CCCC1. The number of anilines is 1. The van der Waals surface area contributed by atoms with Crippen molar-refractivity contribution >= 4 is 11.7 Å². The van der Waals surface area contributed by atoms with Crippen LogP contribution in [0.3, 0.4) is 0 Å². The lowest BCUT2D eigenvalue weighted by Crippen LogP contribution is -2.25. The van der Waals surface area contributed by atoms with E-state index in [9.17, 15) is 18.0 Å². The summed E-state index contributed by atoms with van der Waals surface area (Å²) in [5.74, 6) is -0.920. The van der Waals surface area contributed by atoms with Crippen molar-refractivity contribution < 1.29 is 23.1 Å². The van der Waals surface area contributed by atoms with Crippen LogP contribution in [0.15, 0.2) is 18.2 Å². The second-order valence-corrected chi connectivity index (χ2v) is 5.54. The molecule has 6 heteroatoms. The zero-order chi connectivity index (χ0) is 15.6. The number of carboxylic acids is 1. The molecule has 0 amide bonds. The molecule has 116 valence electrons. The molecule has 0 heterocycles. The lowest BCUT2D eigenvalue weighted by atomic mass is 9.98. The standard InChI is InChI=1S/C15H18F3NO2/c1-9(10-4-2-3-5-10)19-13-7-6-11(15(16,17)18)8-12(13)14(20)21/h6-10,19H,2-5H2,1H3,(H,20,21). The molecule has 1 unspecified atom stereocenters. The fraction of sp³-hybridized carbons (Fsp3) is 0.533. The minimum atomic E-state index is -4.54. The van der Waals surface area contributed by atoms with Crippen LogP contribution in [0.1, 0.15) is 48.5 Å². The van der Waals surface area contributed by atoms with E-state index in [1.165, 1.54) is 6.07 Å². The Morgan fingerprint density at radius 1 is 1.33 bits per heavy atom. The van der Waals surface area contributed by atoms with Gasteiger partial charge >= 0.3 is 12.1 Å². The summed E-state index contributed by atoms with van der Waals surface area (Å²) in [6, 6.07) is 2.85. The minimum absolute atomic E-state index is 0.0438. The molecule has 2 N–H and O–H groups in total. The van der Waals surface area contributed by atoms with Gasteiger partial charge in [0.2, 0.25) is 0 Å². The lowest BCUT2D eigenvalue weighted by Gasteiger charge is -2.23. The van der Waals surface area contributed by atoms with E-state index in [4.69, 9.17) is 5.11 Å². The number of rotatable bonds is 4. The van der Waals surface area contributed by atoms with E-state index in [-0.39, 0.29) is 17.3 Å². The zero-order valence-electron chi connectivity index (χ0n) is 11.7. The maximum Gasteiger partial charge on any atom is 0.416 e. The van der Waals surface area contributed by atoms with Crippen molar-refractivity contribution in [1.82, 2.24) is 0 Å². The highest BCUT2D eigenvalue weighted by molar-refractivity contribution is 5.94. The Morgan fingerprint density at radius 2 is 1.95 bits per heavy atom. The van der Waals surface area contributed by atoms with Crippen molar-refractivity contribution in [2.24, 2.45) is 5.92 Å². The quantitative estimate of drug-likeness (QED) is 0.867. The van der Waals surface area contributed by atoms with Gasteiger partial charge in [-0.3, -0.25) is 0 Å². The van der Waals surface area contributed by atoms with E-state index in [2.05, 4.69) is 5.32 Å². The molecular weight excluding hydrogens is 283 g/mol. The van der Waals surface area contributed by atoms with Crippen LogP contribution in [0.5, 0.6) is 0 Å². The molecular formula is C15H18F3NO2. The third-order valence-electron chi connectivity index (χ3n) is 4.07. The van der Waals surface area contributed by atoms with Gasteiger partial charge in [-0.05, 0) is 43.9 Å². The molecule has 0 bridgehead atoms. The average molecular weight is 301 g/mol. The van der Waals surface area contributed by atoms with Crippen molar-refractivity contribution in [3.05, 3.63) is 29.3 Å². The van der Waals surface area contributed by atoms with Gasteiger partial charge in [0.25, 0.3) is 0 Å². The first-order valence-corrected chi connectivity index (χ1v) is 7.00. The Kier molecular flexibility index (Phi) is 4.44. The summed E-state index contributed by atoms with van der Waals surface area (Å²) in [6.07, 6.45) is -0.112. The monoisotopic (exact) mass is 301 g/mol. The second kappa shape index (κ2) is 5.95. The van der Waals surface area contributed by atoms with Crippen LogP contribution >= 0.6 is 0 Å². The van der Waals surface area contributed by atoms with Crippen LogP contribution in [0, 0.1) is 5.92 Å². The first-order chi connectivity index (χ1) is 9.79. The molecule has 1 saturated carbocycles. The van der Waals surface area contributed by atoms with E-state index in [1.54, 1.807) is 0 Å². The van der Waals surface area contributed by atoms with E-state index in [0.29, 0.717) is 12.0 Å². The summed E-state index contributed by atoms with van der Waals surface area (Å²) in [6.45, 7) is 1.94. The van der Waals surface area contributed by atoms with Crippen molar-refractivity contribution in [3.8, 4) is 0 Å². The van der Waals surface area contributed by atoms with Gasteiger partial charge in [0.05, 0.1) is 11.1 Å². The van der Waals surface area contributed by atoms with Gasteiger partial charge in [-0.1, -0.05) is 12.8 Å². The minimum Gasteiger partial charge on any atom is -0.478 e. The van der Waals surface area contributed by atoms with Crippen LogP contribution in [-0.2, 0) is 6.18 Å².